The summed E-state index contributed by atoms with van der Waals surface area (Å²) in [4.78, 5) is 0. The molecule has 0 saturated carbocycles. The van der Waals surface area contributed by atoms with Crippen molar-refractivity contribution in [2.24, 2.45) is 0 Å². The molecular formula is C61H40O. The Labute approximate surface area is 361 Å². The predicted molar refractivity (Wildman–Crippen MR) is 258 cm³/mol. The van der Waals surface area contributed by atoms with Gasteiger partial charge in [-0.05, 0) is 112 Å². The molecule has 1 heterocycles. The van der Waals surface area contributed by atoms with E-state index in [1.54, 1.807) is 0 Å². The molecule has 62 heavy (non-hydrogen) atoms. The number of fused-ring (bicyclic) bond motifs is 9. The van der Waals surface area contributed by atoms with E-state index < -0.39 is 5.41 Å². The van der Waals surface area contributed by atoms with Crippen molar-refractivity contribution in [3.8, 4) is 50.3 Å². The summed E-state index contributed by atoms with van der Waals surface area (Å²) in [6.07, 6.45) is 8.81. The van der Waals surface area contributed by atoms with Crippen LogP contribution >= 0.6 is 0 Å². The number of benzene rings is 10. The second-order valence-electron chi connectivity index (χ2n) is 17.0. The molecule has 0 spiro atoms. The van der Waals surface area contributed by atoms with Crippen molar-refractivity contribution in [2.75, 3.05) is 0 Å². The average Bonchev–Trinajstić information content (AvgIpc) is 3.88. The van der Waals surface area contributed by atoms with Crippen LogP contribution in [0.1, 0.15) is 33.7 Å². The van der Waals surface area contributed by atoms with Crippen molar-refractivity contribution in [3.63, 3.8) is 0 Å². The molecule has 3 aliphatic rings. The van der Waals surface area contributed by atoms with Gasteiger partial charge in [-0.25, -0.2) is 0 Å². The van der Waals surface area contributed by atoms with Crippen molar-refractivity contribution in [1.29, 1.82) is 0 Å². The minimum Gasteiger partial charge on any atom is -0.484 e. The Hall–Kier alpha value is -7.74. The van der Waals surface area contributed by atoms with Crippen molar-refractivity contribution in [1.82, 2.24) is 0 Å². The molecule has 0 bridgehead atoms. The fraction of sp³-hybridized carbons (Fsp3) is 0.0492. The largest absolute Gasteiger partial charge is 0.484 e. The van der Waals surface area contributed by atoms with Gasteiger partial charge < -0.3 is 4.74 Å². The topological polar surface area (TPSA) is 9.23 Å². The highest BCUT2D eigenvalue weighted by atomic mass is 16.5. The molecule has 13 rings (SSSR count). The van der Waals surface area contributed by atoms with Crippen molar-refractivity contribution in [3.05, 3.63) is 258 Å². The first-order valence-corrected chi connectivity index (χ1v) is 21.7. The number of allylic oxidation sites excluding steroid dienone is 2. The Balaban J connectivity index is 1.06. The zero-order chi connectivity index (χ0) is 40.8. The van der Waals surface area contributed by atoms with Crippen LogP contribution in [-0.2, 0) is 5.41 Å². The summed E-state index contributed by atoms with van der Waals surface area (Å²) >= 11 is 0. The summed E-state index contributed by atoms with van der Waals surface area (Å²) in [6.45, 7) is 0. The average molecular weight is 789 g/mol. The zero-order valence-electron chi connectivity index (χ0n) is 34.0. The SMILES string of the molecule is C1=CC2Oc3c(-c4ccc5c(c4)C(c4ccccc4)(c4ccccc4)c4ccccc4-5)ccc(-c4c5ccccc5c(-c5ccc6ccccc6c5)c5ccccc45)c3C2C=C1. The van der Waals surface area contributed by atoms with Gasteiger partial charge in [-0.15, -0.1) is 0 Å². The van der Waals surface area contributed by atoms with Gasteiger partial charge in [0.25, 0.3) is 0 Å². The fourth-order valence-electron chi connectivity index (χ4n) is 11.3. The van der Waals surface area contributed by atoms with E-state index in [-0.39, 0.29) is 12.0 Å². The quantitative estimate of drug-likeness (QED) is 0.158. The van der Waals surface area contributed by atoms with Crippen LogP contribution in [0, 0.1) is 0 Å². The third-order valence-electron chi connectivity index (χ3n) is 13.9. The van der Waals surface area contributed by atoms with Gasteiger partial charge in [0.05, 0.1) is 5.41 Å². The van der Waals surface area contributed by atoms with Crippen LogP contribution in [0.5, 0.6) is 5.75 Å². The highest BCUT2D eigenvalue weighted by molar-refractivity contribution is 6.22. The highest BCUT2D eigenvalue weighted by Crippen LogP contribution is 2.59. The molecule has 1 nitrogen and oxygen atoms in total. The van der Waals surface area contributed by atoms with Gasteiger partial charge in [-0.2, -0.15) is 0 Å². The molecule has 290 valence electrons. The first-order chi connectivity index (χ1) is 30.8. The number of rotatable bonds is 5. The van der Waals surface area contributed by atoms with E-state index in [4.69, 9.17) is 4.74 Å². The summed E-state index contributed by atoms with van der Waals surface area (Å²) in [5.41, 5.74) is 15.7. The number of hydrogen-bond donors (Lipinski definition) is 0. The van der Waals surface area contributed by atoms with Gasteiger partial charge >= 0.3 is 0 Å². The molecule has 1 aliphatic heterocycles. The van der Waals surface area contributed by atoms with Gasteiger partial charge in [-0.3, -0.25) is 0 Å². The maximum atomic E-state index is 7.18. The lowest BCUT2D eigenvalue weighted by atomic mass is 9.67. The van der Waals surface area contributed by atoms with Crippen LogP contribution in [0.3, 0.4) is 0 Å². The summed E-state index contributed by atoms with van der Waals surface area (Å²) in [5, 5.41) is 7.49. The van der Waals surface area contributed by atoms with E-state index in [1.807, 2.05) is 0 Å². The van der Waals surface area contributed by atoms with E-state index in [0.717, 1.165) is 16.9 Å². The van der Waals surface area contributed by atoms with Crippen LogP contribution in [0.4, 0.5) is 0 Å². The third kappa shape index (κ3) is 4.97. The van der Waals surface area contributed by atoms with E-state index in [9.17, 15) is 0 Å². The van der Waals surface area contributed by atoms with Gasteiger partial charge in [0, 0.05) is 17.0 Å². The zero-order valence-corrected chi connectivity index (χ0v) is 34.0. The summed E-state index contributed by atoms with van der Waals surface area (Å²) in [5.74, 6) is 1.05. The molecule has 2 unspecified atom stereocenters. The third-order valence-corrected chi connectivity index (χ3v) is 13.9. The Bertz CT molecular complexity index is 3400. The van der Waals surface area contributed by atoms with Crippen LogP contribution in [0.15, 0.2) is 231 Å². The molecule has 0 saturated heterocycles. The Morgan fingerprint density at radius 1 is 0.371 bits per heavy atom. The monoisotopic (exact) mass is 788 g/mol. The molecule has 0 aromatic heterocycles. The minimum atomic E-state index is -0.488. The normalized spacial score (nSPS) is 16.5. The lowest BCUT2D eigenvalue weighted by Gasteiger charge is -2.34. The lowest BCUT2D eigenvalue weighted by Crippen LogP contribution is -2.28. The Kier molecular flexibility index (Phi) is 7.71. The maximum absolute atomic E-state index is 7.18. The lowest BCUT2D eigenvalue weighted by molar-refractivity contribution is 0.270. The van der Waals surface area contributed by atoms with Gasteiger partial charge in [0.15, 0.2) is 0 Å². The van der Waals surface area contributed by atoms with E-state index in [1.165, 1.54) is 93.5 Å². The van der Waals surface area contributed by atoms with Crippen LogP contribution in [-0.4, -0.2) is 6.10 Å². The molecular weight excluding hydrogens is 749 g/mol. The molecule has 0 amide bonds. The molecule has 2 atom stereocenters. The molecule has 0 radical (unpaired) electrons. The second kappa shape index (κ2) is 13.6. The fourth-order valence-corrected chi connectivity index (χ4v) is 11.3. The molecule has 10 aromatic rings. The Morgan fingerprint density at radius 2 is 0.919 bits per heavy atom. The van der Waals surface area contributed by atoms with E-state index in [2.05, 4.69) is 231 Å². The van der Waals surface area contributed by atoms with Gasteiger partial charge in [-0.1, -0.05) is 212 Å². The molecule has 2 aliphatic carbocycles. The summed E-state index contributed by atoms with van der Waals surface area (Å²) < 4.78 is 7.18. The van der Waals surface area contributed by atoms with Crippen LogP contribution in [0.25, 0.3) is 76.8 Å². The molecule has 0 N–H and O–H groups in total. The standard InChI is InChI=1S/C61H40O/c1-3-19-43(20-4-1)61(44-21-5-2-6-22-44)54-29-15-13-23-46(54)47-34-33-41(38-55(47)61)45-35-36-53(59-52-28-14-16-30-56(52)62-60(45)59)58-50-26-11-9-24-48(50)57(49-25-10-12-27-51(49)58)42-32-31-39-17-7-8-18-40(39)37-42/h1-38,52,56H. The first kappa shape index (κ1) is 35.1. The van der Waals surface area contributed by atoms with Gasteiger partial charge in [0.1, 0.15) is 11.9 Å². The van der Waals surface area contributed by atoms with Crippen LogP contribution < -0.4 is 4.74 Å². The molecule has 0 fully saturated rings. The van der Waals surface area contributed by atoms with Crippen molar-refractivity contribution in [2.45, 2.75) is 17.4 Å². The summed E-state index contributed by atoms with van der Waals surface area (Å²) in [7, 11) is 0. The van der Waals surface area contributed by atoms with Gasteiger partial charge in [0.2, 0.25) is 0 Å². The first-order valence-electron chi connectivity index (χ1n) is 21.7. The number of ether oxygens (including phenoxy) is 1. The Morgan fingerprint density at radius 3 is 1.65 bits per heavy atom. The van der Waals surface area contributed by atoms with Crippen LogP contribution in [0.2, 0.25) is 0 Å². The van der Waals surface area contributed by atoms with Crippen molar-refractivity contribution >= 4 is 32.3 Å². The molecule has 10 aromatic carbocycles. The maximum Gasteiger partial charge on any atom is 0.132 e. The highest BCUT2D eigenvalue weighted by Gasteiger charge is 2.46. The smallest absolute Gasteiger partial charge is 0.132 e. The van der Waals surface area contributed by atoms with E-state index in [0.29, 0.717) is 0 Å². The van der Waals surface area contributed by atoms with E-state index >= 15 is 0 Å². The van der Waals surface area contributed by atoms with Crippen molar-refractivity contribution < 1.29 is 4.74 Å². The molecule has 1 heteroatoms. The predicted octanol–water partition coefficient (Wildman–Crippen LogP) is 15.5. The number of hydrogen-bond acceptors (Lipinski definition) is 1. The summed E-state index contributed by atoms with van der Waals surface area (Å²) in [6, 6.07) is 76.5. The minimum absolute atomic E-state index is 0.0778. The second-order valence-corrected chi connectivity index (χ2v) is 17.0.